The molecule has 0 aliphatic carbocycles. The molecule has 0 atom stereocenters. The van der Waals surface area contributed by atoms with Crippen molar-refractivity contribution in [2.75, 3.05) is 32.7 Å². The van der Waals surface area contributed by atoms with E-state index >= 15 is 0 Å². The van der Waals surface area contributed by atoms with Gasteiger partial charge in [-0.3, -0.25) is 4.79 Å². The first-order valence-corrected chi connectivity index (χ1v) is 9.67. The van der Waals surface area contributed by atoms with Gasteiger partial charge in [-0.2, -0.15) is 0 Å². The quantitative estimate of drug-likeness (QED) is 0.877. The molecule has 0 unspecified atom stereocenters. The number of piperidine rings is 1. The lowest BCUT2D eigenvalue weighted by atomic mass is 9.90. The second-order valence-corrected chi connectivity index (χ2v) is 7.33. The Bertz CT molecular complexity index is 606. The van der Waals surface area contributed by atoms with Crippen molar-refractivity contribution in [3.05, 3.63) is 35.6 Å². The smallest absolute Gasteiger partial charge is 0.317 e. The van der Waals surface area contributed by atoms with E-state index in [0.717, 1.165) is 63.8 Å². The van der Waals surface area contributed by atoms with Crippen LogP contribution in [0.4, 0.5) is 9.18 Å². The third kappa shape index (κ3) is 5.19. The van der Waals surface area contributed by atoms with Gasteiger partial charge in [0.2, 0.25) is 5.91 Å². The highest BCUT2D eigenvalue weighted by molar-refractivity contribution is 5.78. The summed E-state index contributed by atoms with van der Waals surface area (Å²) in [4.78, 5) is 27.9. The molecule has 26 heavy (non-hydrogen) atoms. The molecule has 0 spiro atoms. The van der Waals surface area contributed by atoms with Gasteiger partial charge >= 0.3 is 6.03 Å². The van der Waals surface area contributed by atoms with Crippen LogP contribution in [0.5, 0.6) is 0 Å². The average Bonchev–Trinajstić information content (AvgIpc) is 3.19. The van der Waals surface area contributed by atoms with Gasteiger partial charge in [0.05, 0.1) is 0 Å². The topological polar surface area (TPSA) is 52.7 Å². The van der Waals surface area contributed by atoms with E-state index in [9.17, 15) is 14.0 Å². The zero-order chi connectivity index (χ0) is 18.4. The number of carbonyl (C=O) groups is 2. The third-order valence-electron chi connectivity index (χ3n) is 5.41. The fourth-order valence-corrected chi connectivity index (χ4v) is 3.81. The monoisotopic (exact) mass is 361 g/mol. The summed E-state index contributed by atoms with van der Waals surface area (Å²) < 4.78 is 13.0. The molecule has 3 rings (SSSR count). The van der Waals surface area contributed by atoms with Crippen LogP contribution in [0, 0.1) is 11.7 Å². The van der Waals surface area contributed by atoms with Gasteiger partial charge in [0.1, 0.15) is 5.82 Å². The van der Waals surface area contributed by atoms with E-state index in [1.54, 1.807) is 0 Å². The first-order chi connectivity index (χ1) is 12.6. The molecule has 142 valence electrons. The van der Waals surface area contributed by atoms with E-state index < -0.39 is 0 Å². The first-order valence-electron chi connectivity index (χ1n) is 9.67. The fourth-order valence-electron chi connectivity index (χ4n) is 3.81. The Morgan fingerprint density at radius 2 is 1.65 bits per heavy atom. The Morgan fingerprint density at radius 3 is 2.31 bits per heavy atom. The van der Waals surface area contributed by atoms with Gasteiger partial charge in [-0.25, -0.2) is 9.18 Å². The molecule has 1 aromatic rings. The van der Waals surface area contributed by atoms with Gasteiger partial charge in [0.15, 0.2) is 0 Å². The summed E-state index contributed by atoms with van der Waals surface area (Å²) in [6.07, 6.45) is 5.40. The van der Waals surface area contributed by atoms with Crippen molar-refractivity contribution in [1.82, 2.24) is 15.1 Å². The molecule has 2 aliphatic rings. The lowest BCUT2D eigenvalue weighted by Gasteiger charge is -2.32. The van der Waals surface area contributed by atoms with Crippen molar-refractivity contribution in [3.63, 3.8) is 0 Å². The minimum absolute atomic E-state index is 0.0699. The number of urea groups is 1. The van der Waals surface area contributed by atoms with Gasteiger partial charge in [0.25, 0.3) is 0 Å². The highest BCUT2D eigenvalue weighted by Crippen LogP contribution is 2.22. The predicted octanol–water partition coefficient (Wildman–Crippen LogP) is 2.80. The molecule has 2 aliphatic heterocycles. The van der Waals surface area contributed by atoms with Crippen molar-refractivity contribution in [2.24, 2.45) is 5.92 Å². The zero-order valence-electron chi connectivity index (χ0n) is 15.3. The van der Waals surface area contributed by atoms with Crippen molar-refractivity contribution < 1.29 is 14.0 Å². The highest BCUT2D eigenvalue weighted by atomic mass is 19.1. The minimum atomic E-state index is -0.205. The second-order valence-electron chi connectivity index (χ2n) is 7.33. The Kier molecular flexibility index (Phi) is 6.47. The van der Waals surface area contributed by atoms with Crippen molar-refractivity contribution in [1.29, 1.82) is 0 Å². The summed E-state index contributed by atoms with van der Waals surface area (Å²) in [5.74, 6) is 0.463. The highest BCUT2D eigenvalue weighted by Gasteiger charge is 2.23. The Morgan fingerprint density at radius 1 is 1.00 bits per heavy atom. The van der Waals surface area contributed by atoms with Crippen LogP contribution in [-0.2, 0) is 11.2 Å². The molecular formula is C20H28FN3O2. The van der Waals surface area contributed by atoms with Crippen molar-refractivity contribution in [2.45, 2.75) is 38.5 Å². The molecule has 1 N–H and O–H groups in total. The number of nitrogens with zero attached hydrogens (tertiary/aromatic N) is 2. The fraction of sp³-hybridized carbons (Fsp3) is 0.600. The van der Waals surface area contributed by atoms with Crippen LogP contribution >= 0.6 is 0 Å². The Labute approximate surface area is 154 Å². The Balaban J connectivity index is 1.34. The molecule has 3 amide bonds. The number of hydrogen-bond acceptors (Lipinski definition) is 2. The van der Waals surface area contributed by atoms with Crippen LogP contribution in [0.1, 0.15) is 37.7 Å². The average molecular weight is 361 g/mol. The molecule has 2 heterocycles. The van der Waals surface area contributed by atoms with Crippen LogP contribution in [0.3, 0.4) is 0 Å². The molecule has 5 nitrogen and oxygen atoms in total. The molecule has 0 aromatic heterocycles. The summed E-state index contributed by atoms with van der Waals surface area (Å²) in [7, 11) is 0. The summed E-state index contributed by atoms with van der Waals surface area (Å²) in [6.45, 7) is 3.59. The summed E-state index contributed by atoms with van der Waals surface area (Å²) in [6, 6.07) is 6.61. The third-order valence-corrected chi connectivity index (χ3v) is 5.41. The lowest BCUT2D eigenvalue weighted by Crippen LogP contribution is -2.45. The van der Waals surface area contributed by atoms with E-state index in [1.807, 2.05) is 21.9 Å². The van der Waals surface area contributed by atoms with E-state index in [-0.39, 0.29) is 17.8 Å². The van der Waals surface area contributed by atoms with Crippen LogP contribution in [0.15, 0.2) is 24.3 Å². The SMILES string of the molecule is O=C(CCNC(=O)N1CCC(Cc2ccc(F)cc2)CC1)N1CCCC1. The van der Waals surface area contributed by atoms with E-state index in [4.69, 9.17) is 0 Å². The molecule has 0 saturated carbocycles. The maximum absolute atomic E-state index is 13.0. The lowest BCUT2D eigenvalue weighted by molar-refractivity contribution is -0.129. The second kappa shape index (κ2) is 9.01. The van der Waals surface area contributed by atoms with E-state index in [2.05, 4.69) is 5.32 Å². The predicted molar refractivity (Wildman–Crippen MR) is 98.2 cm³/mol. The molecule has 1 aromatic carbocycles. The van der Waals surface area contributed by atoms with Gasteiger partial charge in [0, 0.05) is 39.1 Å². The number of halogens is 1. The normalized spacial score (nSPS) is 18.2. The maximum Gasteiger partial charge on any atom is 0.317 e. The maximum atomic E-state index is 13.0. The zero-order valence-corrected chi connectivity index (χ0v) is 15.3. The van der Waals surface area contributed by atoms with Gasteiger partial charge < -0.3 is 15.1 Å². The van der Waals surface area contributed by atoms with Crippen molar-refractivity contribution in [3.8, 4) is 0 Å². The van der Waals surface area contributed by atoms with Gasteiger partial charge in [-0.1, -0.05) is 12.1 Å². The molecule has 2 fully saturated rings. The molecule has 6 heteroatoms. The number of nitrogens with one attached hydrogen (secondary N) is 1. The number of hydrogen-bond donors (Lipinski definition) is 1. The minimum Gasteiger partial charge on any atom is -0.343 e. The van der Waals surface area contributed by atoms with Gasteiger partial charge in [-0.15, -0.1) is 0 Å². The standard InChI is InChI=1S/C20H28FN3O2/c21-18-5-3-16(4-6-18)15-17-8-13-24(14-9-17)20(26)22-10-7-19(25)23-11-1-2-12-23/h3-6,17H,1-2,7-15H2,(H,22,26). The summed E-state index contributed by atoms with van der Waals surface area (Å²) >= 11 is 0. The molecular weight excluding hydrogens is 333 g/mol. The number of rotatable bonds is 5. The molecule has 0 bridgehead atoms. The number of amides is 3. The van der Waals surface area contributed by atoms with Crippen molar-refractivity contribution >= 4 is 11.9 Å². The van der Waals surface area contributed by atoms with Gasteiger partial charge in [-0.05, 0) is 55.7 Å². The summed E-state index contributed by atoms with van der Waals surface area (Å²) in [5.41, 5.74) is 1.15. The van der Waals surface area contributed by atoms with Crippen LogP contribution in [-0.4, -0.2) is 54.5 Å². The summed E-state index contributed by atoms with van der Waals surface area (Å²) in [5, 5.41) is 2.88. The van der Waals surface area contributed by atoms with E-state index in [0.29, 0.717) is 18.9 Å². The van der Waals surface area contributed by atoms with Crippen LogP contribution in [0.25, 0.3) is 0 Å². The Hall–Kier alpha value is -2.11. The molecule has 2 saturated heterocycles. The van der Waals surface area contributed by atoms with E-state index in [1.165, 1.54) is 12.1 Å². The number of likely N-dealkylation sites (tertiary alicyclic amines) is 2. The van der Waals surface area contributed by atoms with Crippen LogP contribution < -0.4 is 5.32 Å². The van der Waals surface area contributed by atoms with Crippen LogP contribution in [0.2, 0.25) is 0 Å². The largest absolute Gasteiger partial charge is 0.343 e. The number of benzene rings is 1. The number of carbonyl (C=O) groups excluding carboxylic acids is 2. The first kappa shape index (κ1) is 18.7. The molecule has 0 radical (unpaired) electrons.